The van der Waals surface area contributed by atoms with Gasteiger partial charge in [0.05, 0.1) is 0 Å². The van der Waals surface area contributed by atoms with E-state index < -0.39 is 0 Å². The molecule has 0 aliphatic heterocycles. The van der Waals surface area contributed by atoms with Crippen LogP contribution in [0.3, 0.4) is 0 Å². The van der Waals surface area contributed by atoms with E-state index in [4.69, 9.17) is 11.6 Å². The van der Waals surface area contributed by atoms with Crippen LogP contribution >= 0.6 is 11.6 Å². The highest BCUT2D eigenvalue weighted by Crippen LogP contribution is 1.59. The Morgan fingerprint density at radius 2 is 2.00 bits per heavy atom. The van der Waals surface area contributed by atoms with Crippen molar-refractivity contribution < 1.29 is 4.79 Å². The molecule has 0 aromatic carbocycles. The molecule has 50 valence electrons. The van der Waals surface area contributed by atoms with Gasteiger partial charge in [0, 0.05) is 12.4 Å². The highest BCUT2D eigenvalue weighted by atomic mass is 35.5. The average Bonchev–Trinajstić information content (AvgIpc) is 1.71. The monoisotopic (exact) mass is 137 g/mol. The zero-order valence-corrected chi connectivity index (χ0v) is 6.03. The summed E-state index contributed by atoms with van der Waals surface area (Å²) in [5, 5.41) is 2.43. The van der Waals surface area contributed by atoms with Crippen LogP contribution in [-0.4, -0.2) is 18.8 Å². The van der Waals surface area contributed by atoms with Crippen molar-refractivity contribution in [1.29, 1.82) is 0 Å². The summed E-state index contributed by atoms with van der Waals surface area (Å²) in [7, 11) is 0. The minimum absolute atomic E-state index is 0.681. The summed E-state index contributed by atoms with van der Waals surface area (Å²) in [5.74, 6) is 0.722. The number of hydrogen-bond donors (Lipinski definition) is 1. The molecule has 2 nitrogen and oxygen atoms in total. The van der Waals surface area contributed by atoms with E-state index in [-0.39, 0.29) is 0 Å². The number of carbonyl (C=O) groups excluding carboxylic acids is 1. The minimum atomic E-state index is 0.681. The smallest absolute Gasteiger partial charge is 0.207 e. The molecule has 1 N–H and O–H groups in total. The molecule has 0 bridgehead atoms. The Balaban J connectivity index is 0. The normalized spacial score (nSPS) is 6.38. The number of nitrogens with one attached hydrogen (secondary N) is 1. The maximum absolute atomic E-state index is 9.29. The first-order chi connectivity index (χ1) is 3.83. The summed E-state index contributed by atoms with van der Waals surface area (Å²) in [6.45, 7) is 4.49. The highest BCUT2D eigenvalue weighted by molar-refractivity contribution is 6.17. The Kier molecular flexibility index (Phi) is 21.2. The molecule has 0 aromatic heterocycles. The molecule has 0 rings (SSSR count). The summed E-state index contributed by atoms with van der Waals surface area (Å²) in [4.78, 5) is 9.29. The predicted octanol–water partition coefficient (Wildman–Crippen LogP) is 0.997. The van der Waals surface area contributed by atoms with E-state index in [9.17, 15) is 4.79 Å². The Hall–Kier alpha value is -0.240. The number of halogens is 1. The van der Waals surface area contributed by atoms with Gasteiger partial charge in [-0.2, -0.15) is 0 Å². The molecular formula is C5H12ClNO. The molecule has 8 heavy (non-hydrogen) atoms. The van der Waals surface area contributed by atoms with Gasteiger partial charge in [-0.3, -0.25) is 4.79 Å². The van der Waals surface area contributed by atoms with E-state index >= 15 is 0 Å². The third-order valence-corrected chi connectivity index (χ3v) is 0.287. The molecule has 0 heterocycles. The molecule has 0 aliphatic rings. The van der Waals surface area contributed by atoms with E-state index in [1.165, 1.54) is 0 Å². The maximum atomic E-state index is 9.29. The molecule has 1 amide bonds. The van der Waals surface area contributed by atoms with Crippen LogP contribution in [0, 0.1) is 0 Å². The Morgan fingerprint density at radius 1 is 1.62 bits per heavy atom. The first kappa shape index (κ1) is 10.7. The van der Waals surface area contributed by atoms with Gasteiger partial charge >= 0.3 is 0 Å². The lowest BCUT2D eigenvalue weighted by molar-refractivity contribution is -0.109. The van der Waals surface area contributed by atoms with Gasteiger partial charge in [-0.25, -0.2) is 0 Å². The summed E-state index contributed by atoms with van der Waals surface area (Å²) in [6, 6.07) is 0. The van der Waals surface area contributed by atoms with Crippen molar-refractivity contribution in [1.82, 2.24) is 5.32 Å². The third-order valence-electron chi connectivity index (χ3n) is 0.287. The topological polar surface area (TPSA) is 29.1 Å². The second-order valence-electron chi connectivity index (χ2n) is 0.943. The van der Waals surface area contributed by atoms with Crippen molar-refractivity contribution >= 4 is 18.0 Å². The molecule has 0 aliphatic carbocycles. The van der Waals surface area contributed by atoms with Crippen molar-refractivity contribution in [2.45, 2.75) is 13.8 Å². The summed E-state index contributed by atoms with van der Waals surface area (Å²) in [6.07, 6.45) is 0.681. The Bertz CT molecular complexity index is 41.4. The first-order valence-corrected chi connectivity index (χ1v) is 3.09. The van der Waals surface area contributed by atoms with E-state index in [2.05, 4.69) is 5.32 Å². The zero-order chi connectivity index (χ0) is 6.83. The molecular weight excluding hydrogens is 126 g/mol. The van der Waals surface area contributed by atoms with Gasteiger partial charge in [0.15, 0.2) is 0 Å². The molecule has 0 fully saturated rings. The van der Waals surface area contributed by atoms with Gasteiger partial charge in [0.1, 0.15) is 0 Å². The number of carbonyl (C=O) groups is 1. The molecule has 0 radical (unpaired) electrons. The van der Waals surface area contributed by atoms with E-state index in [0.29, 0.717) is 6.41 Å². The summed E-state index contributed by atoms with van der Waals surface area (Å²) >= 11 is 5.00. The fraction of sp³-hybridized carbons (Fsp3) is 0.800. The molecule has 0 unspecified atom stereocenters. The summed E-state index contributed by atoms with van der Waals surface area (Å²) < 4.78 is 0. The van der Waals surface area contributed by atoms with Crippen LogP contribution in [0.5, 0.6) is 0 Å². The van der Waals surface area contributed by atoms with Crippen molar-refractivity contribution in [2.75, 3.05) is 12.4 Å². The number of alkyl halides is 1. The van der Waals surface area contributed by atoms with Crippen LogP contribution in [-0.2, 0) is 4.79 Å². The van der Waals surface area contributed by atoms with Crippen LogP contribution in [0.15, 0.2) is 0 Å². The first-order valence-electron chi connectivity index (χ1n) is 2.56. The van der Waals surface area contributed by atoms with Gasteiger partial charge in [-0.05, 0) is 6.92 Å². The molecule has 0 spiro atoms. The average molecular weight is 138 g/mol. The lowest BCUT2D eigenvalue weighted by Crippen LogP contribution is -2.07. The molecule has 0 saturated carbocycles. The highest BCUT2D eigenvalue weighted by Gasteiger charge is 1.59. The lowest BCUT2D eigenvalue weighted by Gasteiger charge is -1.78. The summed E-state index contributed by atoms with van der Waals surface area (Å²) in [5.41, 5.74) is 0. The predicted molar refractivity (Wildman–Crippen MR) is 36.1 cm³/mol. The lowest BCUT2D eigenvalue weighted by atomic mass is 10.8. The largest absolute Gasteiger partial charge is 0.359 e. The van der Waals surface area contributed by atoms with Crippen molar-refractivity contribution in [3.63, 3.8) is 0 Å². The van der Waals surface area contributed by atoms with Crippen molar-refractivity contribution in [3.05, 3.63) is 0 Å². The van der Waals surface area contributed by atoms with Crippen molar-refractivity contribution in [2.24, 2.45) is 0 Å². The number of amides is 1. The van der Waals surface area contributed by atoms with Gasteiger partial charge < -0.3 is 5.32 Å². The van der Waals surface area contributed by atoms with E-state index in [1.54, 1.807) is 0 Å². The van der Waals surface area contributed by atoms with Crippen LogP contribution in [0.4, 0.5) is 0 Å². The van der Waals surface area contributed by atoms with Crippen LogP contribution in [0.1, 0.15) is 13.8 Å². The minimum Gasteiger partial charge on any atom is -0.359 e. The van der Waals surface area contributed by atoms with Gasteiger partial charge in [-0.15, -0.1) is 11.6 Å². The Morgan fingerprint density at radius 3 is 2.00 bits per heavy atom. The Labute approximate surface area is 55.2 Å². The standard InChI is InChI=1S/C3H7NO.C2H5Cl/c1-2-4-3-5;1-2-3/h3H,2H2,1H3,(H,4,5);2H2,1H3. The number of rotatable bonds is 2. The van der Waals surface area contributed by atoms with Gasteiger partial charge in [0.2, 0.25) is 6.41 Å². The second kappa shape index (κ2) is 15.9. The van der Waals surface area contributed by atoms with Crippen molar-refractivity contribution in [3.8, 4) is 0 Å². The fourth-order valence-electron chi connectivity index (χ4n) is 0.0833. The van der Waals surface area contributed by atoms with Crippen LogP contribution in [0.25, 0.3) is 0 Å². The maximum Gasteiger partial charge on any atom is 0.207 e. The van der Waals surface area contributed by atoms with Crippen LogP contribution < -0.4 is 5.32 Å². The SMILES string of the molecule is CCCl.CCNC=O. The fourth-order valence-corrected chi connectivity index (χ4v) is 0.0833. The number of hydrogen-bond acceptors (Lipinski definition) is 1. The molecule has 0 aromatic rings. The molecule has 0 atom stereocenters. The molecule has 3 heteroatoms. The van der Waals surface area contributed by atoms with E-state index in [1.807, 2.05) is 13.8 Å². The van der Waals surface area contributed by atoms with E-state index in [0.717, 1.165) is 12.4 Å². The third kappa shape index (κ3) is 42.1. The zero-order valence-electron chi connectivity index (χ0n) is 5.28. The second-order valence-corrected chi connectivity index (χ2v) is 1.48. The molecule has 0 saturated heterocycles. The quantitative estimate of drug-likeness (QED) is 0.447. The van der Waals surface area contributed by atoms with Gasteiger partial charge in [-0.1, -0.05) is 6.92 Å². The van der Waals surface area contributed by atoms with Crippen LogP contribution in [0.2, 0.25) is 0 Å². The van der Waals surface area contributed by atoms with Gasteiger partial charge in [0.25, 0.3) is 0 Å².